The molecule has 0 bridgehead atoms. The highest BCUT2D eigenvalue weighted by Crippen LogP contribution is 2.30. The number of nitrogens with zero attached hydrogens (tertiary/aromatic N) is 3. The van der Waals surface area contributed by atoms with Crippen molar-refractivity contribution in [1.82, 2.24) is 25.1 Å². The fourth-order valence-corrected chi connectivity index (χ4v) is 4.66. The molecule has 0 spiro atoms. The minimum Gasteiger partial charge on any atom is -0.381 e. The average Bonchev–Trinajstić information content (AvgIpc) is 3.43. The Bertz CT molecular complexity index is 1480. The number of hydrogen-bond donors (Lipinski definition) is 2. The maximum Gasteiger partial charge on any atom is 0.280 e. The molecule has 2 aromatic carbocycles. The Balaban J connectivity index is 1.37. The fraction of sp³-hybridized carbons (Fsp3) is 0.333. The highest BCUT2D eigenvalue weighted by Gasteiger charge is 2.19. The summed E-state index contributed by atoms with van der Waals surface area (Å²) in [6.07, 6.45) is 1.95. The zero-order chi connectivity index (χ0) is 25.9. The summed E-state index contributed by atoms with van der Waals surface area (Å²) in [7, 11) is 0. The normalized spacial score (nSPS) is 15.2. The second kappa shape index (κ2) is 10.6. The van der Waals surface area contributed by atoms with E-state index in [1.807, 2.05) is 13.0 Å². The Morgan fingerprint density at radius 3 is 2.81 bits per heavy atom. The lowest BCUT2D eigenvalue weighted by molar-refractivity contribution is 0.0642. The van der Waals surface area contributed by atoms with Crippen LogP contribution < -0.4 is 10.9 Å². The summed E-state index contributed by atoms with van der Waals surface area (Å²) in [6.45, 7) is 3.92. The lowest BCUT2D eigenvalue weighted by Gasteiger charge is -2.22. The van der Waals surface area contributed by atoms with Gasteiger partial charge in [0.2, 0.25) is 0 Å². The maximum absolute atomic E-state index is 13.3. The smallest absolute Gasteiger partial charge is 0.280 e. The van der Waals surface area contributed by atoms with Gasteiger partial charge in [0.25, 0.3) is 17.9 Å². The van der Waals surface area contributed by atoms with Crippen molar-refractivity contribution < 1.29 is 18.3 Å². The van der Waals surface area contributed by atoms with Crippen LogP contribution in [-0.4, -0.2) is 45.4 Å². The van der Waals surface area contributed by atoms with E-state index in [1.165, 1.54) is 17.1 Å². The van der Waals surface area contributed by atoms with Gasteiger partial charge in [0.1, 0.15) is 5.69 Å². The van der Waals surface area contributed by atoms with E-state index in [4.69, 9.17) is 4.74 Å². The van der Waals surface area contributed by atoms with Gasteiger partial charge in [0.05, 0.1) is 29.5 Å². The van der Waals surface area contributed by atoms with Gasteiger partial charge in [-0.15, -0.1) is 0 Å². The number of hydrogen-bond acceptors (Lipinski definition) is 5. The van der Waals surface area contributed by atoms with Crippen LogP contribution in [0.3, 0.4) is 0 Å². The molecule has 0 saturated carbocycles. The Kier molecular flexibility index (Phi) is 7.09. The lowest BCUT2D eigenvalue weighted by Crippen LogP contribution is -2.32. The van der Waals surface area contributed by atoms with Crippen LogP contribution in [0.25, 0.3) is 22.0 Å². The highest BCUT2D eigenvalue weighted by molar-refractivity contribution is 5.94. The molecule has 4 aromatic rings. The number of benzene rings is 2. The van der Waals surface area contributed by atoms with Crippen LogP contribution in [0.15, 0.2) is 59.8 Å². The van der Waals surface area contributed by atoms with E-state index >= 15 is 0 Å². The van der Waals surface area contributed by atoms with Crippen LogP contribution in [0.4, 0.5) is 8.78 Å². The summed E-state index contributed by atoms with van der Waals surface area (Å²) in [5.41, 5.74) is 1.93. The molecule has 1 atom stereocenters. The van der Waals surface area contributed by atoms with Gasteiger partial charge in [0.15, 0.2) is 0 Å². The van der Waals surface area contributed by atoms with Crippen molar-refractivity contribution in [2.45, 2.75) is 32.2 Å². The zero-order valence-electron chi connectivity index (χ0n) is 20.3. The van der Waals surface area contributed by atoms with Gasteiger partial charge >= 0.3 is 0 Å². The Morgan fingerprint density at radius 1 is 1.22 bits per heavy atom. The quantitative estimate of drug-likeness (QED) is 0.384. The van der Waals surface area contributed by atoms with Crippen molar-refractivity contribution in [2.75, 3.05) is 19.8 Å². The highest BCUT2D eigenvalue weighted by atomic mass is 19.3. The lowest BCUT2D eigenvalue weighted by atomic mass is 10.00. The van der Waals surface area contributed by atoms with Crippen molar-refractivity contribution in [3.05, 3.63) is 82.2 Å². The number of carbonyl (C=O) groups is 1. The molecule has 1 aliphatic rings. The van der Waals surface area contributed by atoms with Crippen LogP contribution >= 0.6 is 0 Å². The van der Waals surface area contributed by atoms with E-state index in [-0.39, 0.29) is 28.8 Å². The maximum atomic E-state index is 13.3. The topological polar surface area (TPSA) is 102 Å². The first kappa shape index (κ1) is 24.8. The predicted molar refractivity (Wildman–Crippen MR) is 135 cm³/mol. The molecule has 37 heavy (non-hydrogen) atoms. The number of nitrogens with one attached hydrogen (secondary N) is 2. The molecular formula is C27H27F2N5O3. The van der Waals surface area contributed by atoms with Crippen molar-refractivity contribution in [3.8, 4) is 11.1 Å². The standard InChI is InChI=1S/C27H27F2N5O3/c1-16(18-3-2-4-20(11-18)26(35)30-13-17-7-9-37-10-8-17)34-15-31-23-12-19(5-6-21(23)27(34)36)22-14-32-33-24(22)25(28)29/h2-6,11-12,14-17,25H,7-10,13H2,1H3,(H,30,35)(H,32,33)/t16-/m1/s1. The summed E-state index contributed by atoms with van der Waals surface area (Å²) in [6, 6.07) is 11.6. The van der Waals surface area contributed by atoms with Crippen molar-refractivity contribution >= 4 is 16.8 Å². The van der Waals surface area contributed by atoms with Gasteiger partial charge in [0, 0.05) is 30.9 Å². The molecule has 3 heterocycles. The van der Waals surface area contributed by atoms with Crippen LogP contribution in [0.5, 0.6) is 0 Å². The third kappa shape index (κ3) is 5.15. The van der Waals surface area contributed by atoms with E-state index in [0.717, 1.165) is 31.6 Å². The van der Waals surface area contributed by atoms with Crippen molar-refractivity contribution in [1.29, 1.82) is 0 Å². The largest absolute Gasteiger partial charge is 0.381 e. The first-order valence-electron chi connectivity index (χ1n) is 12.2. The molecule has 10 heteroatoms. The van der Waals surface area contributed by atoms with E-state index < -0.39 is 6.43 Å². The SMILES string of the molecule is C[C@H](c1cccc(C(=O)NCC2CCOCC2)c1)n1cnc2cc(-c3cn[nH]c3C(F)F)ccc2c1=O. The Morgan fingerprint density at radius 2 is 2.03 bits per heavy atom. The third-order valence-electron chi connectivity index (χ3n) is 6.92. The Labute approximate surface area is 211 Å². The second-order valence-electron chi connectivity index (χ2n) is 9.25. The molecule has 0 radical (unpaired) electrons. The number of aromatic amines is 1. The molecule has 1 aliphatic heterocycles. The number of H-pyrrole nitrogens is 1. The van der Waals surface area contributed by atoms with Gasteiger partial charge in [-0.2, -0.15) is 5.10 Å². The number of carbonyl (C=O) groups excluding carboxylic acids is 1. The predicted octanol–water partition coefficient (Wildman–Crippen LogP) is 4.49. The molecule has 1 amide bonds. The number of rotatable bonds is 7. The monoisotopic (exact) mass is 507 g/mol. The zero-order valence-corrected chi connectivity index (χ0v) is 20.3. The van der Waals surface area contributed by atoms with Crippen molar-refractivity contribution in [2.24, 2.45) is 5.92 Å². The molecule has 2 N–H and O–H groups in total. The summed E-state index contributed by atoms with van der Waals surface area (Å²) in [4.78, 5) is 30.5. The molecule has 0 aliphatic carbocycles. The number of ether oxygens (including phenoxy) is 1. The molecule has 5 rings (SSSR count). The second-order valence-corrected chi connectivity index (χ2v) is 9.25. The fourth-order valence-electron chi connectivity index (χ4n) is 4.66. The first-order chi connectivity index (χ1) is 17.9. The molecule has 2 aromatic heterocycles. The molecular weight excluding hydrogens is 480 g/mol. The minimum absolute atomic E-state index is 0.153. The third-order valence-corrected chi connectivity index (χ3v) is 6.92. The summed E-state index contributed by atoms with van der Waals surface area (Å²) in [5.74, 6) is 0.262. The summed E-state index contributed by atoms with van der Waals surface area (Å²) >= 11 is 0. The minimum atomic E-state index is -2.70. The van der Waals surface area contributed by atoms with E-state index in [0.29, 0.717) is 34.5 Å². The molecule has 8 nitrogen and oxygen atoms in total. The molecule has 192 valence electrons. The number of aromatic nitrogens is 4. The molecule has 1 fully saturated rings. The van der Waals surface area contributed by atoms with E-state index in [9.17, 15) is 18.4 Å². The average molecular weight is 508 g/mol. The van der Waals surface area contributed by atoms with Crippen molar-refractivity contribution in [3.63, 3.8) is 0 Å². The van der Waals surface area contributed by atoms with Crippen LogP contribution in [-0.2, 0) is 4.74 Å². The number of amides is 1. The molecule has 0 unspecified atom stereocenters. The number of fused-ring (bicyclic) bond motifs is 1. The van der Waals surface area contributed by atoms with Crippen LogP contribution in [0.1, 0.15) is 53.8 Å². The van der Waals surface area contributed by atoms with Gasteiger partial charge in [-0.1, -0.05) is 18.2 Å². The number of halogens is 2. The summed E-state index contributed by atoms with van der Waals surface area (Å²) in [5, 5.41) is 9.42. The summed E-state index contributed by atoms with van der Waals surface area (Å²) < 4.78 is 33.4. The van der Waals surface area contributed by atoms with E-state index in [1.54, 1.807) is 36.4 Å². The van der Waals surface area contributed by atoms with E-state index in [2.05, 4.69) is 20.5 Å². The first-order valence-corrected chi connectivity index (χ1v) is 12.2. The van der Waals surface area contributed by atoms with Crippen LogP contribution in [0, 0.1) is 5.92 Å². The number of alkyl halides is 2. The van der Waals surface area contributed by atoms with Gasteiger partial charge < -0.3 is 10.1 Å². The Hall–Kier alpha value is -3.92. The van der Waals surface area contributed by atoms with Gasteiger partial charge in [-0.25, -0.2) is 13.8 Å². The van der Waals surface area contributed by atoms with Gasteiger partial charge in [-0.05, 0) is 61.1 Å². The molecule has 1 saturated heterocycles. The van der Waals surface area contributed by atoms with Gasteiger partial charge in [-0.3, -0.25) is 19.3 Å². The van der Waals surface area contributed by atoms with Crippen LogP contribution in [0.2, 0.25) is 0 Å².